The minimum Gasteiger partial charge on any atom is -0.497 e. The summed E-state index contributed by atoms with van der Waals surface area (Å²) in [7, 11) is 1.63. The average molecular weight is 495 g/mol. The van der Waals surface area contributed by atoms with Gasteiger partial charge in [-0.1, -0.05) is 65.3 Å². The Hall–Kier alpha value is -4.39. The molecule has 2 heterocycles. The zero-order valence-electron chi connectivity index (χ0n) is 21.7. The minimum atomic E-state index is -0.431. The lowest BCUT2D eigenvalue weighted by Crippen LogP contribution is -2.45. The van der Waals surface area contributed by atoms with Gasteiger partial charge in [0.15, 0.2) is 0 Å². The summed E-state index contributed by atoms with van der Waals surface area (Å²) in [5.74, 6) is 1.63. The smallest absolute Gasteiger partial charge is 0.322 e. The molecule has 2 amide bonds. The molecule has 188 valence electrons. The molecule has 5 rings (SSSR count). The second kappa shape index (κ2) is 9.93. The van der Waals surface area contributed by atoms with Crippen LogP contribution in [0.5, 0.6) is 5.75 Å². The number of hydrogen-bond acceptors (Lipinski definition) is 5. The average Bonchev–Trinajstić information content (AvgIpc) is 3.38. The first-order chi connectivity index (χ1) is 17.8. The first kappa shape index (κ1) is 24.3. The number of urea groups is 1. The molecule has 1 aliphatic heterocycles. The highest BCUT2D eigenvalue weighted by Crippen LogP contribution is 2.38. The van der Waals surface area contributed by atoms with Crippen molar-refractivity contribution >= 4 is 11.6 Å². The van der Waals surface area contributed by atoms with E-state index in [1.165, 1.54) is 5.56 Å². The zero-order valence-corrected chi connectivity index (χ0v) is 21.7. The number of hydrogen-bond donors (Lipinski definition) is 1. The Bertz CT molecular complexity index is 1490. The Kier molecular flexibility index (Phi) is 6.53. The van der Waals surface area contributed by atoms with Gasteiger partial charge in [-0.05, 0) is 62.1 Å². The first-order valence-electron chi connectivity index (χ1n) is 12.2. The van der Waals surface area contributed by atoms with Crippen LogP contribution in [0, 0.1) is 20.8 Å². The van der Waals surface area contributed by atoms with E-state index in [1.807, 2.05) is 68.4 Å². The van der Waals surface area contributed by atoms with Crippen LogP contribution in [0.1, 0.15) is 46.7 Å². The van der Waals surface area contributed by atoms with Crippen LogP contribution in [-0.2, 0) is 6.54 Å². The summed E-state index contributed by atoms with van der Waals surface area (Å²) in [5, 5.41) is 7.45. The fraction of sp³-hybridized carbons (Fsp3) is 0.233. The van der Waals surface area contributed by atoms with Crippen molar-refractivity contribution in [3.05, 3.63) is 106 Å². The molecule has 4 aromatic rings. The quantitative estimate of drug-likeness (QED) is 0.337. The zero-order chi connectivity index (χ0) is 26.1. The van der Waals surface area contributed by atoms with Crippen LogP contribution in [-0.4, -0.2) is 28.2 Å². The van der Waals surface area contributed by atoms with Crippen molar-refractivity contribution in [2.24, 2.45) is 0 Å². The Morgan fingerprint density at radius 2 is 1.76 bits per heavy atom. The van der Waals surface area contributed by atoms with Crippen molar-refractivity contribution in [3.8, 4) is 17.1 Å². The van der Waals surface area contributed by atoms with E-state index < -0.39 is 6.04 Å². The summed E-state index contributed by atoms with van der Waals surface area (Å²) < 4.78 is 11.2. The van der Waals surface area contributed by atoms with Gasteiger partial charge >= 0.3 is 6.03 Å². The maximum absolute atomic E-state index is 13.4. The van der Waals surface area contributed by atoms with E-state index in [4.69, 9.17) is 14.2 Å². The maximum Gasteiger partial charge on any atom is 0.322 e. The van der Waals surface area contributed by atoms with Crippen molar-refractivity contribution in [3.63, 3.8) is 0 Å². The van der Waals surface area contributed by atoms with Gasteiger partial charge in [0.1, 0.15) is 5.75 Å². The molecule has 1 aliphatic rings. The summed E-state index contributed by atoms with van der Waals surface area (Å²) in [6.07, 6.45) is 0. The standard InChI is InChI=1S/C30H30N4O3/c1-18-9-12-23(13-10-18)28-32-29(37-33-28)26-21(4)34(17-22-7-6-8-25(16-22)36-5)30(35)31-27(26)24-14-11-19(2)20(3)15-24/h6-16,27H,17H2,1-5H3,(H,31,35). The van der Waals surface area contributed by atoms with E-state index in [2.05, 4.69) is 36.5 Å². The molecule has 0 saturated heterocycles. The fourth-order valence-corrected chi connectivity index (χ4v) is 4.55. The van der Waals surface area contributed by atoms with E-state index in [0.29, 0.717) is 18.3 Å². The van der Waals surface area contributed by atoms with E-state index in [9.17, 15) is 4.79 Å². The number of benzene rings is 3. The van der Waals surface area contributed by atoms with Crippen molar-refractivity contribution in [1.29, 1.82) is 0 Å². The number of allylic oxidation sites excluding steroid dienone is 1. The minimum absolute atomic E-state index is 0.189. The molecule has 3 aromatic carbocycles. The molecule has 0 bridgehead atoms. The lowest BCUT2D eigenvalue weighted by Gasteiger charge is -2.35. The third-order valence-electron chi connectivity index (χ3n) is 6.90. The Balaban J connectivity index is 1.60. The third-order valence-corrected chi connectivity index (χ3v) is 6.90. The van der Waals surface area contributed by atoms with Gasteiger partial charge in [0.05, 0.1) is 25.3 Å². The van der Waals surface area contributed by atoms with Gasteiger partial charge in [-0.15, -0.1) is 0 Å². The molecule has 7 heteroatoms. The molecular weight excluding hydrogens is 464 g/mol. The summed E-state index contributed by atoms with van der Waals surface area (Å²) in [5.41, 5.74) is 7.80. The van der Waals surface area contributed by atoms with Crippen LogP contribution >= 0.6 is 0 Å². The maximum atomic E-state index is 13.4. The number of rotatable bonds is 6. The predicted molar refractivity (Wildman–Crippen MR) is 143 cm³/mol. The van der Waals surface area contributed by atoms with Gasteiger partial charge in [0.2, 0.25) is 5.82 Å². The number of amides is 2. The van der Waals surface area contributed by atoms with E-state index in [-0.39, 0.29) is 6.03 Å². The highest BCUT2D eigenvalue weighted by molar-refractivity contribution is 5.87. The van der Waals surface area contributed by atoms with E-state index >= 15 is 0 Å². The predicted octanol–water partition coefficient (Wildman–Crippen LogP) is 6.37. The molecule has 1 atom stereocenters. The van der Waals surface area contributed by atoms with Gasteiger partial charge < -0.3 is 14.6 Å². The Morgan fingerprint density at radius 3 is 2.49 bits per heavy atom. The number of nitrogens with zero attached hydrogens (tertiary/aromatic N) is 3. The second-order valence-electron chi connectivity index (χ2n) is 9.45. The molecule has 0 fully saturated rings. The number of aryl methyl sites for hydroxylation is 3. The van der Waals surface area contributed by atoms with Crippen LogP contribution in [0.3, 0.4) is 0 Å². The lowest BCUT2D eigenvalue weighted by molar-refractivity contribution is 0.203. The fourth-order valence-electron chi connectivity index (χ4n) is 4.55. The molecule has 0 saturated carbocycles. The number of aromatic nitrogens is 2. The Morgan fingerprint density at radius 1 is 0.973 bits per heavy atom. The molecule has 0 spiro atoms. The SMILES string of the molecule is COc1cccc(CN2C(=O)NC(c3ccc(C)c(C)c3)C(c3nc(-c4ccc(C)cc4)no3)=C2C)c1. The van der Waals surface area contributed by atoms with Crippen LogP contribution in [0.2, 0.25) is 0 Å². The molecule has 37 heavy (non-hydrogen) atoms. The second-order valence-corrected chi connectivity index (χ2v) is 9.45. The van der Waals surface area contributed by atoms with Crippen molar-refractivity contribution in [1.82, 2.24) is 20.4 Å². The van der Waals surface area contributed by atoms with E-state index in [1.54, 1.807) is 12.0 Å². The van der Waals surface area contributed by atoms with Gasteiger partial charge in [0.25, 0.3) is 5.89 Å². The van der Waals surface area contributed by atoms with Crippen molar-refractivity contribution < 1.29 is 14.1 Å². The normalized spacial score (nSPS) is 15.6. The van der Waals surface area contributed by atoms with Gasteiger partial charge in [-0.3, -0.25) is 4.90 Å². The first-order valence-corrected chi connectivity index (χ1v) is 12.2. The molecule has 7 nitrogen and oxygen atoms in total. The molecule has 1 unspecified atom stereocenters. The largest absolute Gasteiger partial charge is 0.497 e. The number of ether oxygens (including phenoxy) is 1. The third kappa shape index (κ3) is 4.85. The molecule has 0 aliphatic carbocycles. The van der Waals surface area contributed by atoms with Crippen LogP contribution in [0.4, 0.5) is 4.79 Å². The van der Waals surface area contributed by atoms with Gasteiger partial charge in [-0.2, -0.15) is 4.98 Å². The molecule has 0 radical (unpaired) electrons. The summed E-state index contributed by atoms with van der Waals surface area (Å²) in [6.45, 7) is 8.48. The number of nitrogens with one attached hydrogen (secondary N) is 1. The molecular formula is C30H30N4O3. The van der Waals surface area contributed by atoms with Gasteiger partial charge in [0, 0.05) is 11.3 Å². The lowest BCUT2D eigenvalue weighted by atomic mass is 9.92. The Labute approximate surface area is 216 Å². The highest BCUT2D eigenvalue weighted by atomic mass is 16.5. The number of methoxy groups -OCH3 is 1. The van der Waals surface area contributed by atoms with Crippen LogP contribution in [0.25, 0.3) is 17.0 Å². The van der Waals surface area contributed by atoms with E-state index in [0.717, 1.165) is 44.8 Å². The summed E-state index contributed by atoms with van der Waals surface area (Å²) >= 11 is 0. The van der Waals surface area contributed by atoms with Gasteiger partial charge in [-0.25, -0.2) is 4.79 Å². The molecule has 1 aromatic heterocycles. The summed E-state index contributed by atoms with van der Waals surface area (Å²) in [6, 6.07) is 21.3. The highest BCUT2D eigenvalue weighted by Gasteiger charge is 2.36. The van der Waals surface area contributed by atoms with Crippen molar-refractivity contribution in [2.75, 3.05) is 7.11 Å². The van der Waals surface area contributed by atoms with Crippen LogP contribution < -0.4 is 10.1 Å². The number of carbonyl (C=O) groups excluding carboxylic acids is 1. The molecule has 1 N–H and O–H groups in total. The number of carbonyl (C=O) groups is 1. The van der Waals surface area contributed by atoms with Crippen LogP contribution in [0.15, 0.2) is 77.0 Å². The topological polar surface area (TPSA) is 80.5 Å². The van der Waals surface area contributed by atoms with Crippen molar-refractivity contribution in [2.45, 2.75) is 40.3 Å². The monoisotopic (exact) mass is 494 g/mol. The summed E-state index contributed by atoms with van der Waals surface area (Å²) in [4.78, 5) is 19.9.